The number of amides is 1. The third kappa shape index (κ3) is 3.02. The topological polar surface area (TPSA) is 58.4 Å². The summed E-state index contributed by atoms with van der Waals surface area (Å²) in [6.07, 6.45) is 5.78. The van der Waals surface area contributed by atoms with Crippen molar-refractivity contribution in [3.05, 3.63) is 0 Å². The maximum absolute atomic E-state index is 11.4. The van der Waals surface area contributed by atoms with E-state index < -0.39 is 0 Å². The van der Waals surface area contributed by atoms with Crippen molar-refractivity contribution in [2.75, 3.05) is 32.7 Å². The van der Waals surface area contributed by atoms with Crippen molar-refractivity contribution in [3.8, 4) is 12.3 Å². The van der Waals surface area contributed by atoms with Crippen molar-refractivity contribution >= 4 is 5.91 Å². The van der Waals surface area contributed by atoms with Gasteiger partial charge in [-0.2, -0.15) is 0 Å². The van der Waals surface area contributed by atoms with Crippen LogP contribution in [0.4, 0.5) is 0 Å². The normalized spacial score (nSPS) is 21.3. The first-order valence-corrected chi connectivity index (χ1v) is 4.92. The summed E-state index contributed by atoms with van der Waals surface area (Å²) < 4.78 is 0. The number of nitrogens with two attached hydrogens (primary N) is 1. The number of hydrogen-bond donors (Lipinski definition) is 2. The average molecular weight is 195 g/mol. The molecule has 0 aromatic rings. The van der Waals surface area contributed by atoms with E-state index in [-0.39, 0.29) is 11.8 Å². The van der Waals surface area contributed by atoms with Crippen LogP contribution < -0.4 is 11.1 Å². The Balaban J connectivity index is 2.19. The van der Waals surface area contributed by atoms with Crippen molar-refractivity contribution in [1.82, 2.24) is 10.2 Å². The standard InChI is InChI=1S/C10H17N3O/c1-2-9-7-10(14)13(8-9)6-5-12-4-3-11/h1,9,12H,3-8,11H2. The van der Waals surface area contributed by atoms with E-state index in [1.54, 1.807) is 0 Å². The van der Waals surface area contributed by atoms with Gasteiger partial charge in [0, 0.05) is 45.1 Å². The van der Waals surface area contributed by atoms with Crippen LogP contribution in [-0.2, 0) is 4.79 Å². The fraction of sp³-hybridized carbons (Fsp3) is 0.700. The van der Waals surface area contributed by atoms with Crippen molar-refractivity contribution in [3.63, 3.8) is 0 Å². The van der Waals surface area contributed by atoms with Crippen molar-refractivity contribution in [2.24, 2.45) is 11.7 Å². The minimum Gasteiger partial charge on any atom is -0.340 e. The van der Waals surface area contributed by atoms with Gasteiger partial charge >= 0.3 is 0 Å². The third-order valence-corrected chi connectivity index (χ3v) is 2.33. The van der Waals surface area contributed by atoms with Crippen LogP contribution in [0.2, 0.25) is 0 Å². The second kappa shape index (κ2) is 5.63. The van der Waals surface area contributed by atoms with Gasteiger partial charge in [0.25, 0.3) is 0 Å². The SMILES string of the molecule is C#CC1CC(=O)N(CCNCCN)C1. The van der Waals surface area contributed by atoms with Crippen LogP contribution in [0.1, 0.15) is 6.42 Å². The molecular weight excluding hydrogens is 178 g/mol. The maximum atomic E-state index is 11.4. The number of likely N-dealkylation sites (tertiary alicyclic amines) is 1. The quantitative estimate of drug-likeness (QED) is 0.438. The highest BCUT2D eigenvalue weighted by molar-refractivity contribution is 5.79. The molecule has 1 amide bonds. The molecule has 1 aliphatic heterocycles. The molecule has 0 radical (unpaired) electrons. The number of carbonyl (C=O) groups is 1. The summed E-state index contributed by atoms with van der Waals surface area (Å²) in [6.45, 7) is 3.65. The Hall–Kier alpha value is -1.05. The molecule has 0 spiro atoms. The largest absolute Gasteiger partial charge is 0.340 e. The molecular formula is C10H17N3O. The monoisotopic (exact) mass is 195 g/mol. The fourth-order valence-electron chi connectivity index (χ4n) is 1.54. The smallest absolute Gasteiger partial charge is 0.223 e. The summed E-state index contributed by atoms with van der Waals surface area (Å²) in [5.41, 5.74) is 5.32. The first kappa shape index (κ1) is 11.0. The van der Waals surface area contributed by atoms with Gasteiger partial charge in [-0.1, -0.05) is 0 Å². The number of nitrogens with zero attached hydrogens (tertiary/aromatic N) is 1. The summed E-state index contributed by atoms with van der Waals surface area (Å²) in [5, 5.41) is 3.14. The lowest BCUT2D eigenvalue weighted by Crippen LogP contribution is -2.35. The summed E-state index contributed by atoms with van der Waals surface area (Å²) >= 11 is 0. The van der Waals surface area contributed by atoms with E-state index in [0.29, 0.717) is 19.5 Å². The molecule has 0 bridgehead atoms. The van der Waals surface area contributed by atoms with E-state index >= 15 is 0 Å². The van der Waals surface area contributed by atoms with E-state index in [9.17, 15) is 4.79 Å². The zero-order valence-electron chi connectivity index (χ0n) is 8.33. The van der Waals surface area contributed by atoms with Crippen LogP contribution in [0.15, 0.2) is 0 Å². The molecule has 1 heterocycles. The van der Waals surface area contributed by atoms with E-state index in [1.807, 2.05) is 4.90 Å². The van der Waals surface area contributed by atoms with Gasteiger partial charge in [-0.3, -0.25) is 4.79 Å². The number of carbonyl (C=O) groups excluding carboxylic acids is 1. The number of hydrogen-bond acceptors (Lipinski definition) is 3. The van der Waals surface area contributed by atoms with E-state index in [2.05, 4.69) is 11.2 Å². The highest BCUT2D eigenvalue weighted by Crippen LogP contribution is 2.15. The van der Waals surface area contributed by atoms with Gasteiger partial charge in [0.15, 0.2) is 0 Å². The first-order valence-electron chi connectivity index (χ1n) is 4.92. The first-order chi connectivity index (χ1) is 6.77. The van der Waals surface area contributed by atoms with Crippen molar-refractivity contribution < 1.29 is 4.79 Å². The van der Waals surface area contributed by atoms with Crippen LogP contribution in [0.3, 0.4) is 0 Å². The molecule has 1 rings (SSSR count). The zero-order valence-corrected chi connectivity index (χ0v) is 8.33. The summed E-state index contributed by atoms with van der Waals surface area (Å²) in [6, 6.07) is 0. The van der Waals surface area contributed by atoms with Crippen LogP contribution in [0.25, 0.3) is 0 Å². The van der Waals surface area contributed by atoms with Crippen molar-refractivity contribution in [1.29, 1.82) is 0 Å². The van der Waals surface area contributed by atoms with Crippen molar-refractivity contribution in [2.45, 2.75) is 6.42 Å². The van der Waals surface area contributed by atoms with Gasteiger partial charge < -0.3 is 16.0 Å². The molecule has 1 unspecified atom stereocenters. The Labute approximate surface area is 84.8 Å². The van der Waals surface area contributed by atoms with Gasteiger partial charge in [0.05, 0.1) is 0 Å². The molecule has 14 heavy (non-hydrogen) atoms. The second-order valence-corrected chi connectivity index (χ2v) is 3.45. The average Bonchev–Trinajstić information content (AvgIpc) is 2.54. The molecule has 4 heteroatoms. The molecule has 3 N–H and O–H groups in total. The number of rotatable bonds is 5. The van der Waals surface area contributed by atoms with Crippen LogP contribution in [0.5, 0.6) is 0 Å². The number of terminal acetylenes is 1. The maximum Gasteiger partial charge on any atom is 0.223 e. The summed E-state index contributed by atoms with van der Waals surface area (Å²) in [4.78, 5) is 13.2. The minimum absolute atomic E-state index is 0.108. The molecule has 1 aliphatic rings. The molecule has 0 aliphatic carbocycles. The van der Waals surface area contributed by atoms with E-state index in [0.717, 1.165) is 19.6 Å². The summed E-state index contributed by atoms with van der Waals surface area (Å²) in [5.74, 6) is 2.90. The Morgan fingerprint density at radius 2 is 2.43 bits per heavy atom. The molecule has 0 aromatic heterocycles. The second-order valence-electron chi connectivity index (χ2n) is 3.45. The summed E-state index contributed by atoms with van der Waals surface area (Å²) in [7, 11) is 0. The predicted molar refractivity (Wildman–Crippen MR) is 55.4 cm³/mol. The van der Waals surface area contributed by atoms with Crippen LogP contribution >= 0.6 is 0 Å². The molecule has 1 fully saturated rings. The predicted octanol–water partition coefficient (Wildman–Crippen LogP) is -0.984. The lowest BCUT2D eigenvalue weighted by molar-refractivity contribution is -0.127. The third-order valence-electron chi connectivity index (χ3n) is 2.33. The fourth-order valence-corrected chi connectivity index (χ4v) is 1.54. The molecule has 78 valence electrons. The molecule has 1 saturated heterocycles. The highest BCUT2D eigenvalue weighted by atomic mass is 16.2. The molecule has 1 atom stereocenters. The van der Waals surface area contributed by atoms with E-state index in [4.69, 9.17) is 12.2 Å². The van der Waals surface area contributed by atoms with Crippen LogP contribution in [0, 0.1) is 18.3 Å². The number of nitrogens with one attached hydrogen (secondary N) is 1. The Morgan fingerprint density at radius 3 is 3.00 bits per heavy atom. The van der Waals surface area contributed by atoms with E-state index in [1.165, 1.54) is 0 Å². The van der Waals surface area contributed by atoms with Gasteiger partial charge in [0.1, 0.15) is 0 Å². The van der Waals surface area contributed by atoms with Gasteiger partial charge in [-0.05, 0) is 0 Å². The zero-order chi connectivity index (χ0) is 10.4. The molecule has 0 aromatic carbocycles. The lowest BCUT2D eigenvalue weighted by Gasteiger charge is -2.15. The van der Waals surface area contributed by atoms with Gasteiger partial charge in [-0.25, -0.2) is 0 Å². The Kier molecular flexibility index (Phi) is 4.44. The Bertz CT molecular complexity index is 234. The lowest BCUT2D eigenvalue weighted by atomic mass is 10.1. The molecule has 4 nitrogen and oxygen atoms in total. The Morgan fingerprint density at radius 1 is 1.64 bits per heavy atom. The minimum atomic E-state index is 0.108. The molecule has 0 saturated carbocycles. The van der Waals surface area contributed by atoms with Gasteiger partial charge in [-0.15, -0.1) is 12.3 Å². The van der Waals surface area contributed by atoms with Crippen LogP contribution in [-0.4, -0.2) is 43.5 Å². The van der Waals surface area contributed by atoms with Gasteiger partial charge in [0.2, 0.25) is 5.91 Å². The highest BCUT2D eigenvalue weighted by Gasteiger charge is 2.27.